The van der Waals surface area contributed by atoms with E-state index >= 15 is 0 Å². The van der Waals surface area contributed by atoms with Gasteiger partial charge in [-0.1, -0.05) is 12.1 Å². The van der Waals surface area contributed by atoms with Crippen LogP contribution in [0.5, 0.6) is 0 Å². The predicted molar refractivity (Wildman–Crippen MR) is 77.4 cm³/mol. The van der Waals surface area contributed by atoms with Gasteiger partial charge in [0.1, 0.15) is 11.5 Å². The number of aryl methyl sites for hydroxylation is 4. The van der Waals surface area contributed by atoms with Crippen molar-refractivity contribution in [1.82, 2.24) is 0 Å². The Morgan fingerprint density at radius 2 is 1.65 bits per heavy atom. The molecule has 20 heavy (non-hydrogen) atoms. The molecule has 0 saturated heterocycles. The molecule has 3 heteroatoms. The molecular formula is C17H18O3. The van der Waals surface area contributed by atoms with E-state index in [4.69, 9.17) is 4.42 Å². The lowest BCUT2D eigenvalue weighted by atomic mass is 9.99. The van der Waals surface area contributed by atoms with E-state index in [9.17, 15) is 9.59 Å². The van der Waals surface area contributed by atoms with E-state index in [-0.39, 0.29) is 18.0 Å². The van der Waals surface area contributed by atoms with Gasteiger partial charge in [-0.3, -0.25) is 9.59 Å². The van der Waals surface area contributed by atoms with Crippen molar-refractivity contribution >= 4 is 11.6 Å². The van der Waals surface area contributed by atoms with Crippen LogP contribution in [-0.2, 0) is 0 Å². The lowest BCUT2D eigenvalue weighted by Crippen LogP contribution is -2.09. The van der Waals surface area contributed by atoms with Gasteiger partial charge in [0.25, 0.3) is 0 Å². The van der Waals surface area contributed by atoms with Crippen LogP contribution < -0.4 is 0 Å². The van der Waals surface area contributed by atoms with E-state index < -0.39 is 0 Å². The van der Waals surface area contributed by atoms with Crippen molar-refractivity contribution in [3.8, 4) is 0 Å². The SMILES string of the molecule is Cc1cc(C(=O)CC(=O)c2ccc(C)c(C)c2)c(C)o1. The highest BCUT2D eigenvalue weighted by Crippen LogP contribution is 2.18. The number of ketones is 2. The van der Waals surface area contributed by atoms with Gasteiger partial charge in [-0.15, -0.1) is 0 Å². The molecular weight excluding hydrogens is 252 g/mol. The van der Waals surface area contributed by atoms with Crippen LogP contribution in [0.4, 0.5) is 0 Å². The largest absolute Gasteiger partial charge is 0.466 e. The van der Waals surface area contributed by atoms with E-state index in [2.05, 4.69) is 0 Å². The Labute approximate surface area is 118 Å². The Kier molecular flexibility index (Phi) is 3.89. The van der Waals surface area contributed by atoms with Crippen molar-refractivity contribution in [3.05, 3.63) is 58.0 Å². The van der Waals surface area contributed by atoms with Crippen molar-refractivity contribution in [2.75, 3.05) is 0 Å². The molecule has 1 heterocycles. The van der Waals surface area contributed by atoms with Gasteiger partial charge in [0.2, 0.25) is 0 Å². The zero-order valence-electron chi connectivity index (χ0n) is 12.2. The van der Waals surface area contributed by atoms with E-state index in [1.54, 1.807) is 26.0 Å². The normalized spacial score (nSPS) is 10.6. The average molecular weight is 270 g/mol. The number of carbonyl (C=O) groups excluding carboxylic acids is 2. The van der Waals surface area contributed by atoms with Crippen LogP contribution in [0.3, 0.4) is 0 Å². The molecule has 0 amide bonds. The summed E-state index contributed by atoms with van der Waals surface area (Å²) in [5.41, 5.74) is 3.27. The molecule has 0 spiro atoms. The van der Waals surface area contributed by atoms with Gasteiger partial charge in [-0.25, -0.2) is 0 Å². The monoisotopic (exact) mass is 270 g/mol. The third-order valence-electron chi connectivity index (χ3n) is 3.49. The minimum absolute atomic E-state index is 0.123. The maximum Gasteiger partial charge on any atom is 0.174 e. The fourth-order valence-electron chi connectivity index (χ4n) is 2.17. The van der Waals surface area contributed by atoms with Crippen LogP contribution in [0, 0.1) is 27.7 Å². The van der Waals surface area contributed by atoms with Crippen molar-refractivity contribution in [2.24, 2.45) is 0 Å². The summed E-state index contributed by atoms with van der Waals surface area (Å²) in [5.74, 6) is 0.906. The first kappa shape index (κ1) is 14.3. The molecule has 3 nitrogen and oxygen atoms in total. The lowest BCUT2D eigenvalue weighted by molar-refractivity contribution is 0.0893. The lowest BCUT2D eigenvalue weighted by Gasteiger charge is -2.04. The quantitative estimate of drug-likeness (QED) is 0.624. The second-order valence-corrected chi connectivity index (χ2v) is 5.15. The highest BCUT2D eigenvalue weighted by molar-refractivity contribution is 6.13. The average Bonchev–Trinajstić information content (AvgIpc) is 2.71. The predicted octanol–water partition coefficient (Wildman–Crippen LogP) is 3.97. The van der Waals surface area contributed by atoms with E-state index in [1.807, 2.05) is 26.0 Å². The van der Waals surface area contributed by atoms with E-state index in [1.165, 1.54) is 0 Å². The van der Waals surface area contributed by atoms with Gasteiger partial charge in [0.15, 0.2) is 11.6 Å². The Bertz CT molecular complexity index is 678. The molecule has 0 radical (unpaired) electrons. The Balaban J connectivity index is 2.17. The summed E-state index contributed by atoms with van der Waals surface area (Å²) in [6, 6.07) is 7.19. The van der Waals surface area contributed by atoms with Crippen molar-refractivity contribution < 1.29 is 14.0 Å². The molecule has 0 aliphatic heterocycles. The first-order chi connectivity index (χ1) is 9.38. The highest BCUT2D eigenvalue weighted by Gasteiger charge is 2.18. The van der Waals surface area contributed by atoms with Gasteiger partial charge in [0, 0.05) is 5.56 Å². The Morgan fingerprint density at radius 1 is 0.950 bits per heavy atom. The first-order valence-electron chi connectivity index (χ1n) is 6.59. The third kappa shape index (κ3) is 2.87. The van der Waals surface area contributed by atoms with Gasteiger partial charge < -0.3 is 4.42 Å². The van der Waals surface area contributed by atoms with Crippen LogP contribution in [0.1, 0.15) is 49.8 Å². The molecule has 2 rings (SSSR count). The van der Waals surface area contributed by atoms with E-state index in [0.29, 0.717) is 22.6 Å². The fraction of sp³-hybridized carbons (Fsp3) is 0.294. The maximum absolute atomic E-state index is 12.2. The molecule has 0 N–H and O–H groups in total. The Hall–Kier alpha value is -2.16. The molecule has 2 aromatic rings. The van der Waals surface area contributed by atoms with E-state index in [0.717, 1.165) is 11.1 Å². The number of hydrogen-bond acceptors (Lipinski definition) is 3. The standard InChI is InChI=1S/C17H18O3/c1-10-5-6-14(7-11(10)2)16(18)9-17(19)15-8-12(3)20-13(15)4/h5-8H,9H2,1-4H3. The van der Waals surface area contributed by atoms with Crippen molar-refractivity contribution in [3.63, 3.8) is 0 Å². The first-order valence-corrected chi connectivity index (χ1v) is 6.59. The molecule has 0 bridgehead atoms. The topological polar surface area (TPSA) is 47.3 Å². The summed E-state index contributed by atoms with van der Waals surface area (Å²) in [6.45, 7) is 7.47. The number of Topliss-reactive ketones (excluding diaryl/α,β-unsaturated/α-hetero) is 2. The number of carbonyl (C=O) groups is 2. The molecule has 0 atom stereocenters. The van der Waals surface area contributed by atoms with Crippen LogP contribution >= 0.6 is 0 Å². The second kappa shape index (κ2) is 5.45. The van der Waals surface area contributed by atoms with Gasteiger partial charge in [-0.05, 0) is 51.0 Å². The zero-order chi connectivity index (χ0) is 14.9. The van der Waals surface area contributed by atoms with Crippen molar-refractivity contribution in [1.29, 1.82) is 0 Å². The summed E-state index contributed by atoms with van der Waals surface area (Å²) in [5, 5.41) is 0. The number of hydrogen-bond donors (Lipinski definition) is 0. The van der Waals surface area contributed by atoms with Crippen LogP contribution in [0.15, 0.2) is 28.7 Å². The summed E-state index contributed by atoms with van der Waals surface area (Å²) < 4.78 is 5.33. The second-order valence-electron chi connectivity index (χ2n) is 5.15. The maximum atomic E-state index is 12.2. The molecule has 1 aromatic heterocycles. The van der Waals surface area contributed by atoms with Crippen molar-refractivity contribution in [2.45, 2.75) is 34.1 Å². The Morgan fingerprint density at radius 3 is 2.20 bits per heavy atom. The van der Waals surface area contributed by atoms with Gasteiger partial charge >= 0.3 is 0 Å². The van der Waals surface area contributed by atoms with Gasteiger partial charge in [-0.2, -0.15) is 0 Å². The molecule has 0 fully saturated rings. The minimum Gasteiger partial charge on any atom is -0.466 e. The van der Waals surface area contributed by atoms with Crippen LogP contribution in [0.2, 0.25) is 0 Å². The summed E-state index contributed by atoms with van der Waals surface area (Å²) >= 11 is 0. The molecule has 0 unspecified atom stereocenters. The summed E-state index contributed by atoms with van der Waals surface area (Å²) in [6.07, 6.45) is -0.123. The van der Waals surface area contributed by atoms with Gasteiger partial charge in [0.05, 0.1) is 12.0 Å². The molecule has 0 aliphatic carbocycles. The summed E-state index contributed by atoms with van der Waals surface area (Å²) in [7, 11) is 0. The number of furan rings is 1. The third-order valence-corrected chi connectivity index (χ3v) is 3.49. The molecule has 0 saturated carbocycles. The number of benzene rings is 1. The van der Waals surface area contributed by atoms with Crippen LogP contribution in [-0.4, -0.2) is 11.6 Å². The fourth-order valence-corrected chi connectivity index (χ4v) is 2.17. The molecule has 1 aromatic carbocycles. The smallest absolute Gasteiger partial charge is 0.174 e. The molecule has 104 valence electrons. The highest BCUT2D eigenvalue weighted by atomic mass is 16.3. The zero-order valence-corrected chi connectivity index (χ0v) is 12.2. The summed E-state index contributed by atoms with van der Waals surface area (Å²) in [4.78, 5) is 24.3. The number of rotatable bonds is 4. The minimum atomic E-state index is -0.192. The van der Waals surface area contributed by atoms with Crippen LogP contribution in [0.25, 0.3) is 0 Å². The molecule has 0 aliphatic rings.